The number of fused-ring (bicyclic) bond motifs is 1. The SMILES string of the molecule is CCOc1ccc(C(C)NC(=O)c2cc3cc(Cl)ccc3nc2C)cc1OC. The van der Waals surface area contributed by atoms with Crippen LogP contribution in [0, 0.1) is 6.92 Å². The average molecular weight is 399 g/mol. The highest BCUT2D eigenvalue weighted by Crippen LogP contribution is 2.30. The summed E-state index contributed by atoms with van der Waals surface area (Å²) in [7, 11) is 1.60. The molecule has 6 heteroatoms. The van der Waals surface area contributed by atoms with Gasteiger partial charge >= 0.3 is 0 Å². The maximum Gasteiger partial charge on any atom is 0.253 e. The number of hydrogen-bond acceptors (Lipinski definition) is 4. The molecule has 0 aliphatic carbocycles. The maximum atomic E-state index is 12.9. The van der Waals surface area contributed by atoms with Crippen LogP contribution in [0.15, 0.2) is 42.5 Å². The molecule has 0 bridgehead atoms. The molecule has 1 atom stereocenters. The summed E-state index contributed by atoms with van der Waals surface area (Å²) in [6, 6.07) is 12.7. The molecule has 28 heavy (non-hydrogen) atoms. The van der Waals surface area contributed by atoms with Crippen LogP contribution in [0.5, 0.6) is 11.5 Å². The zero-order chi connectivity index (χ0) is 20.3. The summed E-state index contributed by atoms with van der Waals surface area (Å²) in [4.78, 5) is 17.4. The predicted octanol–water partition coefficient (Wildman–Crippen LogP) is 5.09. The number of methoxy groups -OCH3 is 1. The third-order valence-corrected chi connectivity index (χ3v) is 4.78. The van der Waals surface area contributed by atoms with Crippen LogP contribution < -0.4 is 14.8 Å². The molecule has 0 saturated heterocycles. The minimum atomic E-state index is -0.216. The molecule has 1 aromatic heterocycles. The Morgan fingerprint density at radius 1 is 1.18 bits per heavy atom. The van der Waals surface area contributed by atoms with E-state index in [1.807, 2.05) is 51.1 Å². The molecule has 1 N–H and O–H groups in total. The van der Waals surface area contributed by atoms with E-state index in [1.54, 1.807) is 19.2 Å². The van der Waals surface area contributed by atoms with Crippen molar-refractivity contribution in [2.24, 2.45) is 0 Å². The van der Waals surface area contributed by atoms with Crippen molar-refractivity contribution in [2.45, 2.75) is 26.8 Å². The van der Waals surface area contributed by atoms with Gasteiger partial charge in [0, 0.05) is 10.4 Å². The first-order valence-corrected chi connectivity index (χ1v) is 9.49. The Morgan fingerprint density at radius 2 is 1.96 bits per heavy atom. The molecule has 3 aromatic rings. The second-order valence-electron chi connectivity index (χ2n) is 6.50. The molecule has 0 saturated carbocycles. The normalized spacial score (nSPS) is 11.9. The summed E-state index contributed by atoms with van der Waals surface area (Å²) in [6.07, 6.45) is 0. The van der Waals surface area contributed by atoms with Crippen molar-refractivity contribution in [2.75, 3.05) is 13.7 Å². The van der Waals surface area contributed by atoms with E-state index < -0.39 is 0 Å². The van der Waals surface area contributed by atoms with Crippen molar-refractivity contribution >= 4 is 28.4 Å². The number of carbonyl (C=O) groups excluding carboxylic acids is 1. The Bertz CT molecular complexity index is 1020. The lowest BCUT2D eigenvalue weighted by Gasteiger charge is -2.17. The number of amides is 1. The Labute approximate surface area is 169 Å². The van der Waals surface area contributed by atoms with E-state index in [0.717, 1.165) is 16.5 Å². The number of rotatable bonds is 6. The van der Waals surface area contributed by atoms with Crippen molar-refractivity contribution in [1.82, 2.24) is 10.3 Å². The summed E-state index contributed by atoms with van der Waals surface area (Å²) in [5.74, 6) is 1.13. The van der Waals surface area contributed by atoms with E-state index in [-0.39, 0.29) is 11.9 Å². The van der Waals surface area contributed by atoms with Gasteiger partial charge in [-0.05, 0) is 62.7 Å². The third-order valence-electron chi connectivity index (χ3n) is 4.55. The molecule has 1 amide bonds. The highest BCUT2D eigenvalue weighted by molar-refractivity contribution is 6.31. The third kappa shape index (κ3) is 4.20. The summed E-state index contributed by atoms with van der Waals surface area (Å²) < 4.78 is 10.9. The summed E-state index contributed by atoms with van der Waals surface area (Å²) >= 11 is 6.07. The number of nitrogens with zero attached hydrogens (tertiary/aromatic N) is 1. The van der Waals surface area contributed by atoms with Crippen LogP contribution in [0.4, 0.5) is 0 Å². The van der Waals surface area contributed by atoms with Gasteiger partial charge in [0.05, 0.1) is 36.5 Å². The highest BCUT2D eigenvalue weighted by Gasteiger charge is 2.17. The maximum absolute atomic E-state index is 12.9. The standard InChI is InChI=1S/C22H23ClN2O3/c1-5-28-20-9-6-15(12-21(20)27-4)13(2)25-22(26)18-11-16-10-17(23)7-8-19(16)24-14(18)3/h6-13H,5H2,1-4H3,(H,25,26). The number of ether oxygens (including phenoxy) is 2. The van der Waals surface area contributed by atoms with E-state index in [9.17, 15) is 4.79 Å². The van der Waals surface area contributed by atoms with Gasteiger partial charge < -0.3 is 14.8 Å². The second-order valence-corrected chi connectivity index (χ2v) is 6.93. The monoisotopic (exact) mass is 398 g/mol. The van der Waals surface area contributed by atoms with Crippen LogP contribution in [0.25, 0.3) is 10.9 Å². The fraction of sp³-hybridized carbons (Fsp3) is 0.273. The first kappa shape index (κ1) is 20.0. The first-order chi connectivity index (χ1) is 13.4. The number of aromatic nitrogens is 1. The molecule has 146 valence electrons. The zero-order valence-electron chi connectivity index (χ0n) is 16.4. The topological polar surface area (TPSA) is 60.5 Å². The molecular formula is C22H23ClN2O3. The molecule has 1 unspecified atom stereocenters. The molecule has 1 heterocycles. The van der Waals surface area contributed by atoms with E-state index in [0.29, 0.717) is 34.4 Å². The molecule has 0 radical (unpaired) electrons. The number of benzene rings is 2. The molecule has 5 nitrogen and oxygen atoms in total. The minimum absolute atomic E-state index is 0.188. The number of halogens is 1. The van der Waals surface area contributed by atoms with Crippen molar-refractivity contribution < 1.29 is 14.3 Å². The van der Waals surface area contributed by atoms with Crippen molar-refractivity contribution in [3.63, 3.8) is 0 Å². The van der Waals surface area contributed by atoms with E-state index >= 15 is 0 Å². The lowest BCUT2D eigenvalue weighted by molar-refractivity contribution is 0.0939. The Hall–Kier alpha value is -2.79. The molecular weight excluding hydrogens is 376 g/mol. The van der Waals surface area contributed by atoms with E-state index in [2.05, 4.69) is 10.3 Å². The van der Waals surface area contributed by atoms with Crippen LogP contribution >= 0.6 is 11.6 Å². The van der Waals surface area contributed by atoms with Gasteiger partial charge in [-0.25, -0.2) is 0 Å². The fourth-order valence-corrected chi connectivity index (χ4v) is 3.24. The van der Waals surface area contributed by atoms with Crippen LogP contribution in [0.1, 0.15) is 41.5 Å². The molecule has 2 aromatic carbocycles. The van der Waals surface area contributed by atoms with Gasteiger partial charge in [0.2, 0.25) is 0 Å². The van der Waals surface area contributed by atoms with E-state index in [4.69, 9.17) is 21.1 Å². The number of aryl methyl sites for hydroxylation is 1. The average Bonchev–Trinajstić information content (AvgIpc) is 2.68. The molecule has 0 aliphatic rings. The Kier molecular flexibility index (Phi) is 6.05. The number of pyridine rings is 1. The highest BCUT2D eigenvalue weighted by atomic mass is 35.5. The van der Waals surface area contributed by atoms with E-state index in [1.165, 1.54) is 0 Å². The van der Waals surface area contributed by atoms with Crippen LogP contribution in [-0.4, -0.2) is 24.6 Å². The predicted molar refractivity (Wildman–Crippen MR) is 112 cm³/mol. The lowest BCUT2D eigenvalue weighted by atomic mass is 10.1. The number of hydrogen-bond donors (Lipinski definition) is 1. The lowest BCUT2D eigenvalue weighted by Crippen LogP contribution is -2.27. The minimum Gasteiger partial charge on any atom is -0.493 e. The van der Waals surface area contributed by atoms with Crippen LogP contribution in [0.3, 0.4) is 0 Å². The van der Waals surface area contributed by atoms with Gasteiger partial charge in [-0.3, -0.25) is 9.78 Å². The van der Waals surface area contributed by atoms with Gasteiger partial charge in [0.25, 0.3) is 5.91 Å². The number of carbonyl (C=O) groups is 1. The van der Waals surface area contributed by atoms with Crippen molar-refractivity contribution in [3.05, 3.63) is 64.3 Å². The summed E-state index contributed by atoms with van der Waals surface area (Å²) in [5, 5.41) is 4.47. The van der Waals surface area contributed by atoms with Crippen LogP contribution in [0.2, 0.25) is 5.02 Å². The summed E-state index contributed by atoms with van der Waals surface area (Å²) in [6.45, 7) is 6.23. The first-order valence-electron chi connectivity index (χ1n) is 9.11. The van der Waals surface area contributed by atoms with Gasteiger partial charge in [0.1, 0.15) is 0 Å². The van der Waals surface area contributed by atoms with Crippen molar-refractivity contribution in [1.29, 1.82) is 0 Å². The molecule has 0 aliphatic heterocycles. The molecule has 0 spiro atoms. The Morgan fingerprint density at radius 3 is 2.68 bits per heavy atom. The van der Waals surface area contributed by atoms with Gasteiger partial charge in [-0.2, -0.15) is 0 Å². The zero-order valence-corrected chi connectivity index (χ0v) is 17.1. The number of nitrogens with one attached hydrogen (secondary N) is 1. The van der Waals surface area contributed by atoms with Gasteiger partial charge in [0.15, 0.2) is 11.5 Å². The molecule has 3 rings (SSSR count). The molecule has 0 fully saturated rings. The largest absolute Gasteiger partial charge is 0.493 e. The fourth-order valence-electron chi connectivity index (χ4n) is 3.06. The van der Waals surface area contributed by atoms with Crippen molar-refractivity contribution in [3.8, 4) is 11.5 Å². The smallest absolute Gasteiger partial charge is 0.253 e. The Balaban J connectivity index is 1.84. The summed E-state index contributed by atoms with van der Waals surface area (Å²) in [5.41, 5.74) is 2.93. The second kappa shape index (κ2) is 8.48. The van der Waals surface area contributed by atoms with Gasteiger partial charge in [-0.15, -0.1) is 0 Å². The van der Waals surface area contributed by atoms with Crippen LogP contribution in [-0.2, 0) is 0 Å². The van der Waals surface area contributed by atoms with Gasteiger partial charge in [-0.1, -0.05) is 17.7 Å². The quantitative estimate of drug-likeness (QED) is 0.627.